The van der Waals surface area contributed by atoms with Gasteiger partial charge in [-0.2, -0.15) is 0 Å². The fourth-order valence-electron chi connectivity index (χ4n) is 7.48. The first-order valence-electron chi connectivity index (χ1n) is 17.8. The first kappa shape index (κ1) is 32.6. The van der Waals surface area contributed by atoms with Gasteiger partial charge in [0.05, 0.1) is 5.39 Å². The maximum atomic E-state index is 6.63. The van der Waals surface area contributed by atoms with E-state index in [0.29, 0.717) is 0 Å². The Hall–Kier alpha value is -6.64. The van der Waals surface area contributed by atoms with Gasteiger partial charge in [0.25, 0.3) is 0 Å². The summed E-state index contributed by atoms with van der Waals surface area (Å²) in [6.45, 7) is 10.7. The Bertz CT molecular complexity index is 2840. The van der Waals surface area contributed by atoms with Crippen LogP contribution in [0.1, 0.15) is 13.8 Å². The number of hydrogen-bond donors (Lipinski definition) is 0. The predicted molar refractivity (Wildman–Crippen MR) is 224 cm³/mol. The average molecular weight is 671 g/mol. The van der Waals surface area contributed by atoms with E-state index in [2.05, 4.69) is 147 Å². The quantitative estimate of drug-likeness (QED) is 0.138. The van der Waals surface area contributed by atoms with Crippen LogP contribution in [0.15, 0.2) is 192 Å². The minimum atomic E-state index is 0.846. The number of furan rings is 2. The van der Waals surface area contributed by atoms with Gasteiger partial charge in [-0.3, -0.25) is 0 Å². The van der Waals surface area contributed by atoms with Crippen molar-refractivity contribution >= 4 is 65.4 Å². The number of para-hydroxylation sites is 2. The van der Waals surface area contributed by atoms with Crippen molar-refractivity contribution in [3.63, 3.8) is 0 Å². The van der Waals surface area contributed by atoms with Crippen LogP contribution in [0.3, 0.4) is 0 Å². The van der Waals surface area contributed by atoms with Gasteiger partial charge in [-0.1, -0.05) is 173 Å². The van der Waals surface area contributed by atoms with Crippen molar-refractivity contribution in [2.75, 3.05) is 0 Å². The molecule has 2 nitrogen and oxygen atoms in total. The molecule has 2 aromatic heterocycles. The first-order chi connectivity index (χ1) is 25.7. The van der Waals surface area contributed by atoms with E-state index in [1.165, 1.54) is 43.8 Å². The molecule has 0 spiro atoms. The van der Waals surface area contributed by atoms with Crippen LogP contribution < -0.4 is 0 Å². The van der Waals surface area contributed by atoms with E-state index in [-0.39, 0.29) is 0 Å². The molecule has 52 heavy (non-hydrogen) atoms. The minimum absolute atomic E-state index is 0.846. The van der Waals surface area contributed by atoms with Crippen LogP contribution in [0.25, 0.3) is 98.8 Å². The molecule has 8 aromatic carbocycles. The molecule has 2 heterocycles. The second-order valence-electron chi connectivity index (χ2n) is 12.5. The lowest BCUT2D eigenvalue weighted by Gasteiger charge is -2.18. The molecule has 250 valence electrons. The molecule has 0 bridgehead atoms. The second-order valence-corrected chi connectivity index (χ2v) is 12.5. The lowest BCUT2D eigenvalue weighted by molar-refractivity contribution is 0.663. The van der Waals surface area contributed by atoms with Crippen LogP contribution in [-0.2, 0) is 0 Å². The van der Waals surface area contributed by atoms with Gasteiger partial charge in [-0.05, 0) is 73.6 Å². The largest absolute Gasteiger partial charge is 0.455 e. The summed E-state index contributed by atoms with van der Waals surface area (Å²) in [5.74, 6) is 0. The van der Waals surface area contributed by atoms with E-state index < -0.39 is 0 Å². The summed E-state index contributed by atoms with van der Waals surface area (Å²) in [6, 6.07) is 56.1. The van der Waals surface area contributed by atoms with E-state index in [1.54, 1.807) is 12.2 Å². The number of fused-ring (bicyclic) bond motifs is 9. The van der Waals surface area contributed by atoms with Crippen LogP contribution in [-0.4, -0.2) is 0 Å². The van der Waals surface area contributed by atoms with Crippen molar-refractivity contribution in [3.8, 4) is 33.4 Å². The third-order valence-electron chi connectivity index (χ3n) is 9.61. The molecule has 10 aromatic rings. The molecule has 0 unspecified atom stereocenters. The van der Waals surface area contributed by atoms with Crippen molar-refractivity contribution in [2.45, 2.75) is 13.8 Å². The van der Waals surface area contributed by atoms with E-state index >= 15 is 0 Å². The number of rotatable bonds is 4. The molecular weight excluding hydrogens is 633 g/mol. The third kappa shape index (κ3) is 5.37. The molecule has 0 aliphatic heterocycles. The Morgan fingerprint density at radius 2 is 0.827 bits per heavy atom. The predicted octanol–water partition coefficient (Wildman–Crippen LogP) is 15.2. The summed E-state index contributed by atoms with van der Waals surface area (Å²) in [4.78, 5) is 0. The van der Waals surface area contributed by atoms with Crippen LogP contribution in [0, 0.1) is 0 Å². The van der Waals surface area contributed by atoms with Crippen LogP contribution >= 0.6 is 0 Å². The molecule has 0 aliphatic rings. The molecule has 0 saturated heterocycles. The number of benzene rings is 8. The van der Waals surface area contributed by atoms with E-state index in [4.69, 9.17) is 8.83 Å². The molecular formula is C50H38O2. The molecule has 0 radical (unpaired) electrons. The molecule has 0 aliphatic carbocycles. The lowest BCUT2D eigenvalue weighted by atomic mass is 9.85. The van der Waals surface area contributed by atoms with Gasteiger partial charge in [-0.15, -0.1) is 0 Å². The maximum absolute atomic E-state index is 6.63. The highest BCUT2D eigenvalue weighted by atomic mass is 16.3. The number of allylic oxidation sites excluding steroid dienone is 2. The van der Waals surface area contributed by atoms with Crippen LogP contribution in [0.2, 0.25) is 0 Å². The topological polar surface area (TPSA) is 26.3 Å². The van der Waals surface area contributed by atoms with Gasteiger partial charge in [0.15, 0.2) is 0 Å². The summed E-state index contributed by atoms with van der Waals surface area (Å²) in [7, 11) is 0. The van der Waals surface area contributed by atoms with Crippen molar-refractivity contribution in [1.29, 1.82) is 0 Å². The molecule has 0 amide bonds. The Labute approximate surface area is 303 Å². The van der Waals surface area contributed by atoms with E-state index in [9.17, 15) is 0 Å². The Kier molecular flexibility index (Phi) is 8.73. The Balaban J connectivity index is 0.000000606. The van der Waals surface area contributed by atoms with Crippen LogP contribution in [0.5, 0.6) is 0 Å². The highest BCUT2D eigenvalue weighted by molar-refractivity contribution is 6.26. The van der Waals surface area contributed by atoms with Gasteiger partial charge in [-0.25, -0.2) is 0 Å². The lowest BCUT2D eigenvalue weighted by Crippen LogP contribution is -1.91. The van der Waals surface area contributed by atoms with Gasteiger partial charge < -0.3 is 8.83 Å². The fourth-order valence-corrected chi connectivity index (χ4v) is 7.48. The zero-order chi connectivity index (χ0) is 35.6. The van der Waals surface area contributed by atoms with Gasteiger partial charge in [0, 0.05) is 21.7 Å². The normalized spacial score (nSPS) is 11.0. The van der Waals surface area contributed by atoms with Gasteiger partial charge in [0.1, 0.15) is 22.3 Å². The molecule has 10 rings (SSSR count). The third-order valence-corrected chi connectivity index (χ3v) is 9.61. The Morgan fingerprint density at radius 1 is 0.385 bits per heavy atom. The van der Waals surface area contributed by atoms with Crippen molar-refractivity contribution in [1.82, 2.24) is 0 Å². The van der Waals surface area contributed by atoms with Crippen LogP contribution in [0.4, 0.5) is 0 Å². The molecule has 0 atom stereocenters. The van der Waals surface area contributed by atoms with Gasteiger partial charge >= 0.3 is 0 Å². The van der Waals surface area contributed by atoms with Crippen molar-refractivity contribution < 1.29 is 8.83 Å². The molecule has 0 fully saturated rings. The summed E-state index contributed by atoms with van der Waals surface area (Å²) in [6.07, 6.45) is 3.28. The van der Waals surface area contributed by atoms with Crippen molar-refractivity contribution in [2.24, 2.45) is 0 Å². The minimum Gasteiger partial charge on any atom is -0.455 e. The monoisotopic (exact) mass is 670 g/mol. The molecule has 0 N–H and O–H groups in total. The smallest absolute Gasteiger partial charge is 0.147 e. The Morgan fingerprint density at radius 3 is 1.42 bits per heavy atom. The summed E-state index contributed by atoms with van der Waals surface area (Å²) in [5.41, 5.74) is 10.5. The highest BCUT2D eigenvalue weighted by Crippen LogP contribution is 2.47. The van der Waals surface area contributed by atoms with E-state index in [0.717, 1.165) is 55.0 Å². The maximum Gasteiger partial charge on any atom is 0.147 e. The SMILES string of the molecule is C=CC=C.CC.c1ccc(-c2c3ccccc3c(-c3cccc(-c4cc5c6ccccc6oc5c5c4oc4ccccc45)c3)c3ccccc23)cc1. The molecule has 0 saturated carbocycles. The highest BCUT2D eigenvalue weighted by Gasteiger charge is 2.22. The number of hydrogen-bond acceptors (Lipinski definition) is 2. The van der Waals surface area contributed by atoms with Crippen molar-refractivity contribution in [3.05, 3.63) is 183 Å². The summed E-state index contributed by atoms with van der Waals surface area (Å²) in [5, 5.41) is 9.26. The fraction of sp³-hybridized carbons (Fsp3) is 0.0400. The van der Waals surface area contributed by atoms with Gasteiger partial charge in [0.2, 0.25) is 0 Å². The standard InChI is InChI=1S/C44H26O2.C4H6.C2H6/c1-2-13-27(14-3-1)40-31-18-4-6-20-33(31)41(34-21-7-5-19-32(34)40)29-16-12-15-28(25-29)36-26-37-30-17-8-10-23-38(30)45-44(37)42-35-22-9-11-24-39(35)46-43(36)42;1-3-4-2;1-2/h1-26H;3-4H,1-2H2;1-2H3. The zero-order valence-corrected chi connectivity index (χ0v) is 29.4. The summed E-state index contributed by atoms with van der Waals surface area (Å²) >= 11 is 0. The second kappa shape index (κ2) is 13.9. The summed E-state index contributed by atoms with van der Waals surface area (Å²) < 4.78 is 13.1. The average Bonchev–Trinajstić information content (AvgIpc) is 3.79. The zero-order valence-electron chi connectivity index (χ0n) is 29.4. The molecule has 2 heteroatoms. The first-order valence-corrected chi connectivity index (χ1v) is 17.8. The van der Waals surface area contributed by atoms with E-state index in [1.807, 2.05) is 38.1 Å².